The normalized spacial score (nSPS) is 12.6. The summed E-state index contributed by atoms with van der Waals surface area (Å²) in [6, 6.07) is 12.3. The average Bonchev–Trinajstić information content (AvgIpc) is 2.67. The molecular formula is C13H13BrClNS. The van der Waals surface area contributed by atoms with Crippen molar-refractivity contribution in [1.82, 2.24) is 0 Å². The Hall–Kier alpha value is -0.350. The van der Waals surface area contributed by atoms with Crippen molar-refractivity contribution in [2.45, 2.75) is 18.9 Å². The van der Waals surface area contributed by atoms with Crippen LogP contribution in [-0.4, -0.2) is 6.04 Å². The maximum absolute atomic E-state index is 6.16. The Balaban J connectivity index is 1.98. The minimum atomic E-state index is 0.128. The minimum Gasteiger partial charge on any atom is -0.327 e. The van der Waals surface area contributed by atoms with Gasteiger partial charge in [0.05, 0.1) is 4.34 Å². The minimum absolute atomic E-state index is 0.128. The first-order chi connectivity index (χ1) is 8.15. The van der Waals surface area contributed by atoms with Crippen LogP contribution in [0.25, 0.3) is 0 Å². The van der Waals surface area contributed by atoms with E-state index in [1.54, 1.807) is 11.3 Å². The molecule has 0 bridgehead atoms. The van der Waals surface area contributed by atoms with Crippen molar-refractivity contribution in [2.24, 2.45) is 5.73 Å². The van der Waals surface area contributed by atoms with E-state index in [1.165, 1.54) is 10.4 Å². The molecule has 17 heavy (non-hydrogen) atoms. The first-order valence-corrected chi connectivity index (χ1v) is 7.37. The third-order valence-corrected chi connectivity index (χ3v) is 4.56. The van der Waals surface area contributed by atoms with Crippen LogP contribution in [0.4, 0.5) is 0 Å². The second kappa shape index (κ2) is 6.01. The summed E-state index contributed by atoms with van der Waals surface area (Å²) in [6.07, 6.45) is 1.75. The number of halogens is 2. The van der Waals surface area contributed by atoms with Crippen LogP contribution >= 0.6 is 38.9 Å². The summed E-state index contributed by atoms with van der Waals surface area (Å²) in [4.78, 5) is 1.24. The van der Waals surface area contributed by atoms with Crippen LogP contribution in [0, 0.1) is 0 Å². The highest BCUT2D eigenvalue weighted by Gasteiger charge is 2.09. The van der Waals surface area contributed by atoms with Crippen LogP contribution in [0.2, 0.25) is 4.34 Å². The molecule has 0 aliphatic heterocycles. The molecule has 2 N–H and O–H groups in total. The van der Waals surface area contributed by atoms with Gasteiger partial charge in [-0.25, -0.2) is 0 Å². The fraction of sp³-hybridized carbons (Fsp3) is 0.231. The van der Waals surface area contributed by atoms with E-state index < -0.39 is 0 Å². The molecule has 1 nitrogen and oxygen atoms in total. The molecule has 2 rings (SSSR count). The number of nitrogens with two attached hydrogens (primary N) is 1. The number of thiophene rings is 1. The van der Waals surface area contributed by atoms with Crippen LogP contribution in [0.1, 0.15) is 10.4 Å². The summed E-state index contributed by atoms with van der Waals surface area (Å²) in [5, 5.41) is 0. The van der Waals surface area contributed by atoms with Crippen molar-refractivity contribution in [3.8, 4) is 0 Å². The Morgan fingerprint density at radius 2 is 1.94 bits per heavy atom. The molecule has 0 saturated heterocycles. The Labute approximate surface area is 119 Å². The third kappa shape index (κ3) is 3.81. The SMILES string of the molecule is NC(Cc1ccc(Cl)s1)Cc1ccccc1Br. The van der Waals surface area contributed by atoms with Crippen LogP contribution in [0.3, 0.4) is 0 Å². The zero-order valence-electron chi connectivity index (χ0n) is 9.20. The standard InChI is InChI=1S/C13H13BrClNS/c14-12-4-2-1-3-9(12)7-10(16)8-11-5-6-13(15)17-11/h1-6,10H,7-8,16H2. The summed E-state index contributed by atoms with van der Waals surface area (Å²) >= 11 is 11.0. The van der Waals surface area contributed by atoms with Crippen molar-refractivity contribution in [3.05, 3.63) is 55.6 Å². The van der Waals surface area contributed by atoms with Gasteiger partial charge in [0, 0.05) is 15.4 Å². The molecule has 0 fully saturated rings. The van der Waals surface area contributed by atoms with Crippen molar-refractivity contribution < 1.29 is 0 Å². The Morgan fingerprint density at radius 3 is 2.59 bits per heavy atom. The molecule has 0 aliphatic carbocycles. The first-order valence-electron chi connectivity index (χ1n) is 5.38. The van der Waals surface area contributed by atoms with Gasteiger partial charge in [-0.3, -0.25) is 0 Å². The molecule has 0 spiro atoms. The first kappa shape index (κ1) is 13.1. The van der Waals surface area contributed by atoms with E-state index in [-0.39, 0.29) is 6.04 Å². The largest absolute Gasteiger partial charge is 0.327 e. The van der Waals surface area contributed by atoms with Gasteiger partial charge in [-0.15, -0.1) is 11.3 Å². The summed E-state index contributed by atoms with van der Waals surface area (Å²) in [7, 11) is 0. The van der Waals surface area contributed by atoms with E-state index in [4.69, 9.17) is 17.3 Å². The molecule has 0 radical (unpaired) electrons. The Bertz CT molecular complexity index is 498. The van der Waals surface area contributed by atoms with Gasteiger partial charge >= 0.3 is 0 Å². The molecule has 90 valence electrons. The molecule has 1 heterocycles. The molecule has 1 atom stereocenters. The molecule has 0 saturated carbocycles. The molecule has 0 amide bonds. The number of hydrogen-bond acceptors (Lipinski definition) is 2. The molecule has 4 heteroatoms. The van der Waals surface area contributed by atoms with Crippen LogP contribution in [0.5, 0.6) is 0 Å². The van der Waals surface area contributed by atoms with Crippen LogP contribution < -0.4 is 5.73 Å². The average molecular weight is 331 g/mol. The van der Waals surface area contributed by atoms with E-state index in [2.05, 4.69) is 22.0 Å². The summed E-state index contributed by atoms with van der Waals surface area (Å²) < 4.78 is 1.95. The Morgan fingerprint density at radius 1 is 1.18 bits per heavy atom. The summed E-state index contributed by atoms with van der Waals surface area (Å²) in [5.74, 6) is 0. The smallest absolute Gasteiger partial charge is 0.0931 e. The van der Waals surface area contributed by atoms with Crippen molar-refractivity contribution in [3.63, 3.8) is 0 Å². The molecule has 1 aromatic carbocycles. The highest BCUT2D eigenvalue weighted by Crippen LogP contribution is 2.23. The molecule has 1 aromatic heterocycles. The Kier molecular flexibility index (Phi) is 4.62. The van der Waals surface area contributed by atoms with Gasteiger partial charge in [-0.2, -0.15) is 0 Å². The molecular weight excluding hydrogens is 318 g/mol. The number of rotatable bonds is 4. The van der Waals surface area contributed by atoms with E-state index in [1.807, 2.05) is 30.3 Å². The van der Waals surface area contributed by atoms with Crippen LogP contribution in [0.15, 0.2) is 40.9 Å². The van der Waals surface area contributed by atoms with Crippen molar-refractivity contribution in [1.29, 1.82) is 0 Å². The lowest BCUT2D eigenvalue weighted by molar-refractivity contribution is 0.669. The molecule has 1 unspecified atom stereocenters. The zero-order chi connectivity index (χ0) is 12.3. The van der Waals surface area contributed by atoms with Gasteiger partial charge < -0.3 is 5.73 Å². The van der Waals surface area contributed by atoms with E-state index in [9.17, 15) is 0 Å². The van der Waals surface area contributed by atoms with Gasteiger partial charge in [0.25, 0.3) is 0 Å². The quantitative estimate of drug-likeness (QED) is 0.890. The van der Waals surface area contributed by atoms with Gasteiger partial charge in [0.1, 0.15) is 0 Å². The maximum Gasteiger partial charge on any atom is 0.0931 e. The topological polar surface area (TPSA) is 26.0 Å². The van der Waals surface area contributed by atoms with Gasteiger partial charge in [0.15, 0.2) is 0 Å². The highest BCUT2D eigenvalue weighted by molar-refractivity contribution is 9.10. The second-order valence-corrected chi connectivity index (χ2v) is 6.62. The summed E-state index contributed by atoms with van der Waals surface area (Å²) in [5.41, 5.74) is 7.41. The zero-order valence-corrected chi connectivity index (χ0v) is 12.4. The van der Waals surface area contributed by atoms with Gasteiger partial charge in [-0.1, -0.05) is 45.7 Å². The lowest BCUT2D eigenvalue weighted by Crippen LogP contribution is -2.25. The predicted octanol–water partition coefficient (Wildman–Crippen LogP) is 4.28. The van der Waals surface area contributed by atoms with E-state index >= 15 is 0 Å². The van der Waals surface area contributed by atoms with E-state index in [0.29, 0.717) is 0 Å². The van der Waals surface area contributed by atoms with Crippen LogP contribution in [-0.2, 0) is 12.8 Å². The van der Waals surface area contributed by atoms with Gasteiger partial charge in [-0.05, 0) is 36.6 Å². The van der Waals surface area contributed by atoms with E-state index in [0.717, 1.165) is 21.7 Å². The predicted molar refractivity (Wildman–Crippen MR) is 78.9 cm³/mol. The molecule has 0 aliphatic rings. The maximum atomic E-state index is 6.16. The number of benzene rings is 1. The fourth-order valence-electron chi connectivity index (χ4n) is 1.74. The summed E-state index contributed by atoms with van der Waals surface area (Å²) in [6.45, 7) is 0. The third-order valence-electron chi connectivity index (χ3n) is 2.53. The second-order valence-electron chi connectivity index (χ2n) is 3.97. The lowest BCUT2D eigenvalue weighted by atomic mass is 10.0. The van der Waals surface area contributed by atoms with Crippen molar-refractivity contribution in [2.75, 3.05) is 0 Å². The number of hydrogen-bond donors (Lipinski definition) is 1. The van der Waals surface area contributed by atoms with Gasteiger partial charge in [0.2, 0.25) is 0 Å². The van der Waals surface area contributed by atoms with Crippen molar-refractivity contribution >= 4 is 38.9 Å². The fourth-order valence-corrected chi connectivity index (χ4v) is 3.37. The monoisotopic (exact) mass is 329 g/mol. The molecule has 2 aromatic rings. The highest BCUT2D eigenvalue weighted by atomic mass is 79.9. The lowest BCUT2D eigenvalue weighted by Gasteiger charge is -2.11.